The van der Waals surface area contributed by atoms with E-state index in [0.717, 1.165) is 40.7 Å². The van der Waals surface area contributed by atoms with Gasteiger partial charge in [-0.25, -0.2) is 4.79 Å². The number of thiophene rings is 1. The molecule has 0 spiro atoms. The van der Waals surface area contributed by atoms with Crippen molar-refractivity contribution >= 4 is 21.6 Å². The average molecular weight is 298 g/mol. The van der Waals surface area contributed by atoms with Crippen LogP contribution in [-0.2, 0) is 19.9 Å². The van der Waals surface area contributed by atoms with Crippen LogP contribution in [0.4, 0.5) is 0 Å². The van der Waals surface area contributed by atoms with Crippen molar-refractivity contribution in [2.24, 2.45) is 7.05 Å². The molecule has 0 saturated carbocycles. The van der Waals surface area contributed by atoms with Crippen LogP contribution in [0.25, 0.3) is 15.9 Å². The summed E-state index contributed by atoms with van der Waals surface area (Å²) in [6, 6.07) is 9.52. The highest BCUT2D eigenvalue weighted by atomic mass is 32.1. The van der Waals surface area contributed by atoms with Gasteiger partial charge in [0.25, 0.3) is 5.56 Å². The van der Waals surface area contributed by atoms with Crippen LogP contribution < -0.4 is 11.2 Å². The summed E-state index contributed by atoms with van der Waals surface area (Å²) in [5, 5.41) is 0.735. The predicted molar refractivity (Wildman–Crippen MR) is 84.7 cm³/mol. The van der Waals surface area contributed by atoms with Crippen molar-refractivity contribution in [2.75, 3.05) is 0 Å². The molecule has 0 saturated heterocycles. The number of aromatic nitrogens is 2. The maximum atomic E-state index is 12.6. The molecule has 1 aliphatic rings. The molecule has 4 nitrogen and oxygen atoms in total. The maximum absolute atomic E-state index is 12.6. The van der Waals surface area contributed by atoms with Gasteiger partial charge in [0, 0.05) is 11.9 Å². The van der Waals surface area contributed by atoms with Gasteiger partial charge in [-0.15, -0.1) is 11.3 Å². The van der Waals surface area contributed by atoms with Gasteiger partial charge in [-0.05, 0) is 37.0 Å². The van der Waals surface area contributed by atoms with E-state index >= 15 is 0 Å². The van der Waals surface area contributed by atoms with Gasteiger partial charge in [0.05, 0.1) is 11.1 Å². The largest absolute Gasteiger partial charge is 0.336 e. The van der Waals surface area contributed by atoms with Gasteiger partial charge >= 0.3 is 5.69 Å². The van der Waals surface area contributed by atoms with Gasteiger partial charge in [-0.3, -0.25) is 13.9 Å². The summed E-state index contributed by atoms with van der Waals surface area (Å²) in [6.45, 7) is 0. The van der Waals surface area contributed by atoms with Gasteiger partial charge in [0.1, 0.15) is 4.83 Å². The third-order valence-electron chi connectivity index (χ3n) is 4.12. The number of fused-ring (bicyclic) bond motifs is 3. The molecular weight excluding hydrogens is 284 g/mol. The van der Waals surface area contributed by atoms with Crippen molar-refractivity contribution in [1.29, 1.82) is 0 Å². The highest BCUT2D eigenvalue weighted by Crippen LogP contribution is 2.35. The monoisotopic (exact) mass is 298 g/mol. The zero-order valence-electron chi connectivity index (χ0n) is 11.6. The lowest BCUT2D eigenvalue weighted by atomic mass is 10.2. The number of hydrogen-bond acceptors (Lipinski definition) is 3. The third kappa shape index (κ3) is 1.67. The van der Waals surface area contributed by atoms with E-state index in [9.17, 15) is 9.59 Å². The molecular formula is C16H14N2O2S. The van der Waals surface area contributed by atoms with E-state index in [2.05, 4.69) is 0 Å². The molecule has 0 amide bonds. The van der Waals surface area contributed by atoms with Crippen molar-refractivity contribution in [3.05, 3.63) is 61.6 Å². The minimum absolute atomic E-state index is 0.165. The molecule has 0 bridgehead atoms. The molecule has 0 fully saturated rings. The van der Waals surface area contributed by atoms with Crippen LogP contribution in [0, 0.1) is 0 Å². The standard InChI is InChI=1S/C16H14N2O2S/c1-17-14(19)13-11-8-5-9-12(11)21-15(13)18(16(17)20)10-6-3-2-4-7-10/h2-4,6-7H,5,8-9H2,1H3. The van der Waals surface area contributed by atoms with Crippen molar-refractivity contribution in [2.45, 2.75) is 19.3 Å². The molecule has 0 radical (unpaired) electrons. The predicted octanol–water partition coefficient (Wildman–Crippen LogP) is 2.24. The fourth-order valence-electron chi connectivity index (χ4n) is 3.06. The Labute approximate surface area is 124 Å². The highest BCUT2D eigenvalue weighted by molar-refractivity contribution is 7.19. The third-order valence-corrected chi connectivity index (χ3v) is 5.39. The number of benzene rings is 1. The SMILES string of the molecule is Cn1c(=O)c2c3c(sc2n(-c2ccccc2)c1=O)CCC3. The minimum Gasteiger partial charge on any atom is -0.268 e. The Kier molecular flexibility index (Phi) is 2.65. The Morgan fingerprint density at radius 1 is 1.10 bits per heavy atom. The summed E-state index contributed by atoms with van der Waals surface area (Å²) in [5.74, 6) is 0. The normalized spacial score (nSPS) is 13.8. The lowest BCUT2D eigenvalue weighted by Crippen LogP contribution is -2.37. The van der Waals surface area contributed by atoms with Crippen LogP contribution in [0.3, 0.4) is 0 Å². The topological polar surface area (TPSA) is 44.0 Å². The molecule has 2 heterocycles. The van der Waals surface area contributed by atoms with Crippen molar-refractivity contribution in [1.82, 2.24) is 9.13 Å². The second-order valence-electron chi connectivity index (χ2n) is 5.36. The lowest BCUT2D eigenvalue weighted by Gasteiger charge is -2.09. The summed E-state index contributed by atoms with van der Waals surface area (Å²) >= 11 is 1.59. The molecule has 21 heavy (non-hydrogen) atoms. The summed E-state index contributed by atoms with van der Waals surface area (Å²) in [6.07, 6.45) is 3.06. The molecule has 1 aromatic carbocycles. The number of para-hydroxylation sites is 1. The van der Waals surface area contributed by atoms with E-state index < -0.39 is 0 Å². The number of rotatable bonds is 1. The zero-order chi connectivity index (χ0) is 14.6. The van der Waals surface area contributed by atoms with E-state index in [1.165, 1.54) is 9.44 Å². The van der Waals surface area contributed by atoms with Crippen molar-refractivity contribution in [3.63, 3.8) is 0 Å². The van der Waals surface area contributed by atoms with E-state index in [1.807, 2.05) is 30.3 Å². The first-order valence-electron chi connectivity index (χ1n) is 7.00. The van der Waals surface area contributed by atoms with Crippen LogP contribution in [0.2, 0.25) is 0 Å². The van der Waals surface area contributed by atoms with Crippen LogP contribution in [0.1, 0.15) is 16.9 Å². The molecule has 0 N–H and O–H groups in total. The summed E-state index contributed by atoms with van der Waals surface area (Å²) in [7, 11) is 1.56. The van der Waals surface area contributed by atoms with Crippen molar-refractivity contribution < 1.29 is 0 Å². The molecule has 0 atom stereocenters. The van der Waals surface area contributed by atoms with E-state index in [1.54, 1.807) is 23.0 Å². The first-order chi connectivity index (χ1) is 10.2. The quantitative estimate of drug-likeness (QED) is 0.691. The Hall–Kier alpha value is -2.14. The Balaban J connectivity index is 2.22. The van der Waals surface area contributed by atoms with Crippen LogP contribution >= 0.6 is 11.3 Å². The number of hydrogen-bond donors (Lipinski definition) is 0. The molecule has 5 heteroatoms. The zero-order valence-corrected chi connectivity index (χ0v) is 12.4. The smallest absolute Gasteiger partial charge is 0.268 e. The van der Waals surface area contributed by atoms with E-state index in [4.69, 9.17) is 0 Å². The molecule has 0 aliphatic heterocycles. The number of aryl methyl sites for hydroxylation is 2. The minimum atomic E-state index is -0.279. The second kappa shape index (κ2) is 4.43. The van der Waals surface area contributed by atoms with Crippen LogP contribution in [0.5, 0.6) is 0 Å². The van der Waals surface area contributed by atoms with Gasteiger partial charge in [0.2, 0.25) is 0 Å². The molecule has 2 aromatic heterocycles. The second-order valence-corrected chi connectivity index (χ2v) is 6.44. The van der Waals surface area contributed by atoms with Gasteiger partial charge in [-0.2, -0.15) is 0 Å². The molecule has 1 aliphatic carbocycles. The highest BCUT2D eigenvalue weighted by Gasteiger charge is 2.24. The summed E-state index contributed by atoms with van der Waals surface area (Å²) in [4.78, 5) is 27.1. The Bertz CT molecular complexity index is 964. The average Bonchev–Trinajstić information content (AvgIpc) is 3.07. The molecule has 3 aromatic rings. The molecule has 0 unspecified atom stereocenters. The lowest BCUT2D eigenvalue weighted by molar-refractivity contribution is 0.754. The van der Waals surface area contributed by atoms with Gasteiger partial charge in [-0.1, -0.05) is 18.2 Å². The fourth-order valence-corrected chi connectivity index (χ4v) is 4.46. The van der Waals surface area contributed by atoms with E-state index in [-0.39, 0.29) is 11.2 Å². The van der Waals surface area contributed by atoms with E-state index in [0.29, 0.717) is 0 Å². The Morgan fingerprint density at radius 2 is 1.86 bits per heavy atom. The maximum Gasteiger partial charge on any atom is 0.336 e. The van der Waals surface area contributed by atoms with Crippen LogP contribution in [0.15, 0.2) is 39.9 Å². The van der Waals surface area contributed by atoms with Gasteiger partial charge in [0.15, 0.2) is 0 Å². The number of nitrogens with zero attached hydrogens (tertiary/aromatic N) is 2. The first kappa shape index (κ1) is 12.6. The first-order valence-corrected chi connectivity index (χ1v) is 7.82. The Morgan fingerprint density at radius 3 is 2.62 bits per heavy atom. The van der Waals surface area contributed by atoms with Crippen molar-refractivity contribution in [3.8, 4) is 5.69 Å². The fraction of sp³-hybridized carbons (Fsp3) is 0.250. The van der Waals surface area contributed by atoms with Gasteiger partial charge < -0.3 is 0 Å². The molecule has 4 rings (SSSR count). The van der Waals surface area contributed by atoms with Crippen LogP contribution in [-0.4, -0.2) is 9.13 Å². The summed E-state index contributed by atoms with van der Waals surface area (Å²) < 4.78 is 2.89. The molecule has 106 valence electrons. The summed E-state index contributed by atoms with van der Waals surface area (Å²) in [5.41, 5.74) is 1.52.